The van der Waals surface area contributed by atoms with Crippen LogP contribution in [0.4, 0.5) is 0 Å². The number of piperidine rings is 1. The average molecular weight is 560 g/mol. The van der Waals surface area contributed by atoms with Gasteiger partial charge in [0.25, 0.3) is 0 Å². The van der Waals surface area contributed by atoms with Crippen LogP contribution in [-0.2, 0) is 14.8 Å². The van der Waals surface area contributed by atoms with Crippen molar-refractivity contribution < 1.29 is 13.2 Å². The average Bonchev–Trinajstić information content (AvgIpc) is 2.71. The van der Waals surface area contributed by atoms with Crippen LogP contribution in [-0.4, -0.2) is 81.6 Å². The fraction of sp³-hybridized carbons (Fsp3) is 0.900. The highest BCUT2D eigenvalue weighted by molar-refractivity contribution is 14.0. The molecule has 8 nitrogen and oxygen atoms in total. The third kappa shape index (κ3) is 10.6. The van der Waals surface area contributed by atoms with Gasteiger partial charge in [-0.1, -0.05) is 33.1 Å². The van der Waals surface area contributed by atoms with E-state index in [1.54, 1.807) is 25.3 Å². The largest absolute Gasteiger partial charge is 0.356 e. The molecule has 0 bridgehead atoms. The second-order valence-corrected chi connectivity index (χ2v) is 10.2. The first-order valence-electron chi connectivity index (χ1n) is 11.0. The third-order valence-electron chi connectivity index (χ3n) is 5.53. The number of aliphatic imine (C=N–C) groups is 1. The van der Waals surface area contributed by atoms with Crippen LogP contribution in [0.3, 0.4) is 0 Å². The van der Waals surface area contributed by atoms with E-state index in [1.165, 1.54) is 24.2 Å². The van der Waals surface area contributed by atoms with Gasteiger partial charge in [0.2, 0.25) is 15.9 Å². The number of carbonyl (C=O) groups is 1. The summed E-state index contributed by atoms with van der Waals surface area (Å²) in [5, 5.41) is 6.83. The monoisotopic (exact) mass is 559 g/mol. The second-order valence-electron chi connectivity index (χ2n) is 7.97. The molecule has 0 spiro atoms. The summed E-state index contributed by atoms with van der Waals surface area (Å²) in [4.78, 5) is 18.0. The van der Waals surface area contributed by atoms with E-state index in [9.17, 15) is 13.2 Å². The summed E-state index contributed by atoms with van der Waals surface area (Å²) in [6.07, 6.45) is 6.14. The molecule has 0 saturated carbocycles. The van der Waals surface area contributed by atoms with Gasteiger partial charge in [-0.25, -0.2) is 17.7 Å². The van der Waals surface area contributed by atoms with Crippen molar-refractivity contribution in [2.24, 2.45) is 10.9 Å². The number of halogens is 1. The van der Waals surface area contributed by atoms with E-state index < -0.39 is 10.0 Å². The maximum absolute atomic E-state index is 12.0. The summed E-state index contributed by atoms with van der Waals surface area (Å²) in [5.41, 5.74) is 0. The Hall–Kier alpha value is -0.620. The number of carbonyl (C=O) groups excluding carboxylic acids is 1. The highest BCUT2D eigenvalue weighted by Gasteiger charge is 2.27. The fourth-order valence-electron chi connectivity index (χ4n) is 3.28. The number of sulfonamides is 1. The molecule has 1 fully saturated rings. The maximum Gasteiger partial charge on any atom is 0.243 e. The van der Waals surface area contributed by atoms with Gasteiger partial charge in [0, 0.05) is 39.8 Å². The molecule has 0 aromatic rings. The number of unbranched alkanes of at least 4 members (excludes halogenated alkanes) is 1. The Balaban J connectivity index is 0.00000841. The van der Waals surface area contributed by atoms with Crippen molar-refractivity contribution in [3.05, 3.63) is 0 Å². The quantitative estimate of drug-likeness (QED) is 0.230. The zero-order valence-corrected chi connectivity index (χ0v) is 22.5. The Labute approximate surface area is 200 Å². The molecule has 2 N–H and O–H groups in total. The Bertz CT molecular complexity index is 620. The topological polar surface area (TPSA) is 94.1 Å². The van der Waals surface area contributed by atoms with Gasteiger partial charge in [-0.3, -0.25) is 4.79 Å². The van der Waals surface area contributed by atoms with Crippen LogP contribution in [0, 0.1) is 5.92 Å². The minimum absolute atomic E-state index is 0. The number of nitrogens with one attached hydrogen (secondary N) is 2. The van der Waals surface area contributed by atoms with Gasteiger partial charge < -0.3 is 15.5 Å². The van der Waals surface area contributed by atoms with Gasteiger partial charge in [-0.05, 0) is 32.1 Å². The first-order chi connectivity index (χ1) is 13.7. The maximum atomic E-state index is 12.0. The van der Waals surface area contributed by atoms with Crippen LogP contribution in [0.1, 0.15) is 59.3 Å². The molecular formula is C20H42IN5O3S. The van der Waals surface area contributed by atoms with Crippen molar-refractivity contribution in [2.75, 3.05) is 46.0 Å². The predicted molar refractivity (Wildman–Crippen MR) is 135 cm³/mol. The first kappa shape index (κ1) is 29.4. The molecule has 30 heavy (non-hydrogen) atoms. The summed E-state index contributed by atoms with van der Waals surface area (Å²) < 4.78 is 25.7. The van der Waals surface area contributed by atoms with Gasteiger partial charge in [0.05, 0.1) is 5.75 Å². The van der Waals surface area contributed by atoms with Crippen LogP contribution in [0.5, 0.6) is 0 Å². The van der Waals surface area contributed by atoms with Crippen LogP contribution >= 0.6 is 24.0 Å². The van der Waals surface area contributed by atoms with Crippen LogP contribution < -0.4 is 10.6 Å². The summed E-state index contributed by atoms with van der Waals surface area (Å²) in [6.45, 7) is 8.04. The molecule has 1 amide bonds. The summed E-state index contributed by atoms with van der Waals surface area (Å²) in [7, 11) is 0.316. The smallest absolute Gasteiger partial charge is 0.243 e. The van der Waals surface area contributed by atoms with E-state index in [4.69, 9.17) is 0 Å². The third-order valence-corrected chi connectivity index (χ3v) is 7.41. The van der Waals surface area contributed by atoms with Gasteiger partial charge in [0.15, 0.2) is 5.96 Å². The fourth-order valence-corrected chi connectivity index (χ4v) is 4.41. The van der Waals surface area contributed by atoms with Crippen molar-refractivity contribution in [1.29, 1.82) is 0 Å². The van der Waals surface area contributed by atoms with Crippen molar-refractivity contribution in [3.63, 3.8) is 0 Å². The predicted octanol–water partition coefficient (Wildman–Crippen LogP) is 2.26. The number of nitrogens with zero attached hydrogens (tertiary/aromatic N) is 3. The van der Waals surface area contributed by atoms with Gasteiger partial charge in [0.1, 0.15) is 6.54 Å². The Morgan fingerprint density at radius 3 is 2.33 bits per heavy atom. The molecule has 0 aromatic heterocycles. The van der Waals surface area contributed by atoms with E-state index in [0.29, 0.717) is 25.0 Å². The van der Waals surface area contributed by atoms with Crippen molar-refractivity contribution >= 4 is 45.9 Å². The van der Waals surface area contributed by atoms with E-state index in [-0.39, 0.29) is 48.2 Å². The summed E-state index contributed by atoms with van der Waals surface area (Å²) >= 11 is 0. The number of rotatable bonds is 11. The normalized spacial score (nSPS) is 17.2. The lowest BCUT2D eigenvalue weighted by Crippen LogP contribution is -2.50. The molecule has 1 unspecified atom stereocenters. The standard InChI is InChI=1S/C20H41N5O3S.HI/c1-6-9-10-17(7-2)15-21-20(22-16-19(26)24(4)5)23-18-11-13-25(14-12-18)29(27,28)8-3;/h17-18H,6-16H2,1-5H3,(H2,21,22,23);1H. The molecule has 1 aliphatic rings. The number of hydrogen-bond acceptors (Lipinski definition) is 4. The van der Waals surface area contributed by atoms with Crippen molar-refractivity contribution in [1.82, 2.24) is 19.8 Å². The Morgan fingerprint density at radius 1 is 1.20 bits per heavy atom. The number of amides is 1. The van der Waals surface area contributed by atoms with Crippen molar-refractivity contribution in [3.8, 4) is 0 Å². The molecule has 178 valence electrons. The molecule has 1 heterocycles. The van der Waals surface area contributed by atoms with Gasteiger partial charge in [-0.15, -0.1) is 24.0 Å². The molecule has 0 aromatic carbocycles. The first-order valence-corrected chi connectivity index (χ1v) is 12.6. The lowest BCUT2D eigenvalue weighted by molar-refractivity contribution is -0.127. The number of guanidine groups is 1. The highest BCUT2D eigenvalue weighted by Crippen LogP contribution is 2.15. The van der Waals surface area contributed by atoms with Crippen LogP contribution in [0.25, 0.3) is 0 Å². The van der Waals surface area contributed by atoms with E-state index >= 15 is 0 Å². The molecule has 1 rings (SSSR count). The zero-order chi connectivity index (χ0) is 21.9. The summed E-state index contributed by atoms with van der Waals surface area (Å²) in [5.74, 6) is 1.31. The molecule has 0 aliphatic carbocycles. The van der Waals surface area contributed by atoms with E-state index in [2.05, 4.69) is 29.5 Å². The highest BCUT2D eigenvalue weighted by atomic mass is 127. The van der Waals surface area contributed by atoms with Gasteiger partial charge >= 0.3 is 0 Å². The van der Waals surface area contributed by atoms with E-state index in [1.807, 2.05) is 0 Å². The van der Waals surface area contributed by atoms with Crippen LogP contribution in [0.2, 0.25) is 0 Å². The lowest BCUT2D eigenvalue weighted by atomic mass is 9.99. The summed E-state index contributed by atoms with van der Waals surface area (Å²) in [6, 6.07) is 0.148. The minimum Gasteiger partial charge on any atom is -0.356 e. The molecule has 0 radical (unpaired) electrons. The van der Waals surface area contributed by atoms with Crippen LogP contribution in [0.15, 0.2) is 4.99 Å². The molecule has 1 aliphatic heterocycles. The number of hydrogen-bond donors (Lipinski definition) is 2. The lowest BCUT2D eigenvalue weighted by Gasteiger charge is -2.32. The molecule has 1 saturated heterocycles. The minimum atomic E-state index is -3.13. The van der Waals surface area contributed by atoms with Gasteiger partial charge in [-0.2, -0.15) is 0 Å². The molecular weight excluding hydrogens is 517 g/mol. The Kier molecular flexibility index (Phi) is 14.9. The Morgan fingerprint density at radius 2 is 1.83 bits per heavy atom. The SMILES string of the molecule is CCCCC(CC)CNC(=NCC(=O)N(C)C)NC1CCN(S(=O)(=O)CC)CC1.I. The van der Waals surface area contributed by atoms with E-state index in [0.717, 1.165) is 25.8 Å². The second kappa shape index (κ2) is 15.2. The van der Waals surface area contributed by atoms with Crippen molar-refractivity contribution in [2.45, 2.75) is 65.3 Å². The molecule has 1 atom stereocenters. The number of likely N-dealkylation sites (N-methyl/N-ethyl adjacent to an activating group) is 1. The zero-order valence-electron chi connectivity index (χ0n) is 19.3. The molecule has 10 heteroatoms.